The lowest BCUT2D eigenvalue weighted by Gasteiger charge is -2.26. The zero-order valence-corrected chi connectivity index (χ0v) is 16.1. The number of nitrogens with zero attached hydrogens (tertiary/aromatic N) is 1. The van der Waals surface area contributed by atoms with Gasteiger partial charge in [0.2, 0.25) is 10.0 Å². The molecule has 138 valence electrons. The molecule has 3 rings (SSSR count). The highest BCUT2D eigenvalue weighted by Crippen LogP contribution is 2.21. The topological polar surface area (TPSA) is 70.7 Å². The van der Waals surface area contributed by atoms with Gasteiger partial charge in [-0.25, -0.2) is 8.42 Å². The molecular formula is C18H21N3O3S2. The van der Waals surface area contributed by atoms with Crippen LogP contribution in [0, 0.1) is 6.92 Å². The fourth-order valence-corrected chi connectivity index (χ4v) is 4.29. The van der Waals surface area contributed by atoms with Gasteiger partial charge in [-0.3, -0.25) is 0 Å². The Bertz CT molecular complexity index is 877. The van der Waals surface area contributed by atoms with Gasteiger partial charge in [-0.15, -0.1) is 0 Å². The van der Waals surface area contributed by atoms with Crippen molar-refractivity contribution in [2.24, 2.45) is 0 Å². The molecule has 0 saturated carbocycles. The van der Waals surface area contributed by atoms with Crippen molar-refractivity contribution in [2.75, 3.05) is 36.9 Å². The highest BCUT2D eigenvalue weighted by molar-refractivity contribution is 7.89. The van der Waals surface area contributed by atoms with Gasteiger partial charge in [0, 0.05) is 24.5 Å². The van der Waals surface area contributed by atoms with Crippen molar-refractivity contribution in [1.29, 1.82) is 0 Å². The van der Waals surface area contributed by atoms with E-state index in [2.05, 4.69) is 10.6 Å². The number of aryl methyl sites for hydroxylation is 1. The van der Waals surface area contributed by atoms with Crippen molar-refractivity contribution in [1.82, 2.24) is 4.31 Å². The molecule has 0 unspecified atom stereocenters. The van der Waals surface area contributed by atoms with Crippen molar-refractivity contribution in [3.63, 3.8) is 0 Å². The second-order valence-corrected chi connectivity index (χ2v) is 8.34. The number of nitrogens with one attached hydrogen (secondary N) is 2. The minimum Gasteiger partial charge on any atom is -0.379 e. The lowest BCUT2D eigenvalue weighted by molar-refractivity contribution is 0.0730. The third-order valence-electron chi connectivity index (χ3n) is 4.01. The van der Waals surface area contributed by atoms with Crippen LogP contribution < -0.4 is 10.6 Å². The summed E-state index contributed by atoms with van der Waals surface area (Å²) >= 11 is 5.31. The SMILES string of the molecule is Cc1ccc(NC(=S)Nc2cccc(S(=O)(=O)N3CCOCC3)c2)cc1. The maximum Gasteiger partial charge on any atom is 0.243 e. The molecule has 0 aliphatic carbocycles. The fourth-order valence-electron chi connectivity index (χ4n) is 2.60. The van der Waals surface area contributed by atoms with Crippen LogP contribution in [-0.4, -0.2) is 44.1 Å². The predicted molar refractivity (Wildman–Crippen MR) is 107 cm³/mol. The number of hydrogen-bond acceptors (Lipinski definition) is 4. The van der Waals surface area contributed by atoms with Crippen LogP contribution in [-0.2, 0) is 14.8 Å². The minimum atomic E-state index is -3.53. The zero-order chi connectivity index (χ0) is 18.6. The van der Waals surface area contributed by atoms with Gasteiger partial charge in [-0.05, 0) is 49.5 Å². The molecule has 1 fully saturated rings. The van der Waals surface area contributed by atoms with E-state index in [9.17, 15) is 8.42 Å². The van der Waals surface area contributed by atoms with Crippen LogP contribution in [0.5, 0.6) is 0 Å². The van der Waals surface area contributed by atoms with Crippen LogP contribution in [0.4, 0.5) is 11.4 Å². The first-order valence-electron chi connectivity index (χ1n) is 8.28. The van der Waals surface area contributed by atoms with Gasteiger partial charge in [0.15, 0.2) is 5.11 Å². The van der Waals surface area contributed by atoms with Gasteiger partial charge in [-0.1, -0.05) is 23.8 Å². The summed E-state index contributed by atoms with van der Waals surface area (Å²) in [7, 11) is -3.53. The number of morpholine rings is 1. The van der Waals surface area contributed by atoms with E-state index in [0.717, 1.165) is 11.3 Å². The molecule has 0 atom stereocenters. The predicted octanol–water partition coefficient (Wildman–Crippen LogP) is 2.82. The Morgan fingerprint density at radius 3 is 2.38 bits per heavy atom. The molecule has 0 spiro atoms. The van der Waals surface area contributed by atoms with E-state index < -0.39 is 10.0 Å². The quantitative estimate of drug-likeness (QED) is 0.781. The standard InChI is InChI=1S/C18H21N3O3S2/c1-14-5-7-15(8-6-14)19-18(25)20-16-3-2-4-17(13-16)26(22,23)21-9-11-24-12-10-21/h2-8,13H,9-12H2,1H3,(H2,19,20,25). The van der Waals surface area contributed by atoms with Crippen molar-refractivity contribution >= 4 is 38.7 Å². The Kier molecular flexibility index (Phi) is 5.87. The van der Waals surface area contributed by atoms with E-state index in [1.165, 1.54) is 4.31 Å². The van der Waals surface area contributed by atoms with Crippen LogP contribution in [0.15, 0.2) is 53.4 Å². The van der Waals surface area contributed by atoms with Gasteiger partial charge in [-0.2, -0.15) is 4.31 Å². The molecule has 0 aromatic heterocycles. The van der Waals surface area contributed by atoms with Crippen molar-refractivity contribution in [3.8, 4) is 0 Å². The van der Waals surface area contributed by atoms with Gasteiger partial charge < -0.3 is 15.4 Å². The van der Waals surface area contributed by atoms with E-state index in [1.54, 1.807) is 24.3 Å². The first-order chi connectivity index (χ1) is 12.4. The number of benzene rings is 2. The largest absolute Gasteiger partial charge is 0.379 e. The number of rotatable bonds is 4. The Morgan fingerprint density at radius 1 is 1.04 bits per heavy atom. The minimum absolute atomic E-state index is 0.238. The lowest BCUT2D eigenvalue weighted by Crippen LogP contribution is -2.40. The maximum atomic E-state index is 12.7. The highest BCUT2D eigenvalue weighted by Gasteiger charge is 2.26. The number of thiocarbonyl (C=S) groups is 1. The Labute approximate surface area is 159 Å². The summed E-state index contributed by atoms with van der Waals surface area (Å²) in [5.74, 6) is 0. The van der Waals surface area contributed by atoms with Crippen molar-refractivity contribution in [2.45, 2.75) is 11.8 Å². The third-order valence-corrected chi connectivity index (χ3v) is 6.11. The van der Waals surface area contributed by atoms with Crippen LogP contribution in [0.25, 0.3) is 0 Å². The summed E-state index contributed by atoms with van der Waals surface area (Å²) in [4.78, 5) is 0.238. The smallest absolute Gasteiger partial charge is 0.243 e. The summed E-state index contributed by atoms with van der Waals surface area (Å²) in [5, 5.41) is 6.51. The van der Waals surface area contributed by atoms with E-state index in [0.29, 0.717) is 37.1 Å². The van der Waals surface area contributed by atoms with Crippen molar-refractivity contribution < 1.29 is 13.2 Å². The van der Waals surface area contributed by atoms with Gasteiger partial charge in [0.1, 0.15) is 0 Å². The Balaban J connectivity index is 1.70. The third kappa shape index (κ3) is 4.59. The summed E-state index contributed by atoms with van der Waals surface area (Å²) in [6.07, 6.45) is 0. The molecule has 1 saturated heterocycles. The lowest BCUT2D eigenvalue weighted by atomic mass is 10.2. The van der Waals surface area contributed by atoms with E-state index in [1.807, 2.05) is 31.2 Å². The van der Waals surface area contributed by atoms with E-state index >= 15 is 0 Å². The number of anilines is 2. The molecule has 2 N–H and O–H groups in total. The summed E-state index contributed by atoms with van der Waals surface area (Å²) in [5.41, 5.74) is 2.64. The van der Waals surface area contributed by atoms with Gasteiger partial charge in [0.25, 0.3) is 0 Å². The van der Waals surface area contributed by atoms with Gasteiger partial charge in [0.05, 0.1) is 18.1 Å². The number of ether oxygens (including phenoxy) is 1. The molecule has 2 aromatic carbocycles. The number of hydrogen-bond donors (Lipinski definition) is 2. The van der Waals surface area contributed by atoms with Crippen molar-refractivity contribution in [3.05, 3.63) is 54.1 Å². The zero-order valence-electron chi connectivity index (χ0n) is 14.4. The molecule has 2 aromatic rings. The van der Waals surface area contributed by atoms with Crippen LogP contribution in [0.1, 0.15) is 5.56 Å². The Morgan fingerprint density at radius 2 is 1.69 bits per heavy atom. The van der Waals surface area contributed by atoms with Gasteiger partial charge >= 0.3 is 0 Å². The Hall–Kier alpha value is -2.00. The molecule has 1 heterocycles. The summed E-state index contributed by atoms with van der Waals surface area (Å²) in [6.45, 7) is 3.59. The summed E-state index contributed by atoms with van der Waals surface area (Å²) in [6, 6.07) is 14.5. The van der Waals surface area contributed by atoms with E-state index in [-0.39, 0.29) is 4.90 Å². The molecule has 8 heteroatoms. The summed E-state index contributed by atoms with van der Waals surface area (Å²) < 4.78 is 32.2. The second kappa shape index (κ2) is 8.13. The molecule has 0 bridgehead atoms. The fraction of sp³-hybridized carbons (Fsp3) is 0.278. The molecule has 1 aliphatic rings. The monoisotopic (exact) mass is 391 g/mol. The van der Waals surface area contributed by atoms with Crippen LogP contribution in [0.3, 0.4) is 0 Å². The average molecular weight is 392 g/mol. The first kappa shape index (κ1) is 18.8. The second-order valence-electron chi connectivity index (χ2n) is 5.99. The number of sulfonamides is 1. The molecule has 6 nitrogen and oxygen atoms in total. The molecule has 0 radical (unpaired) electrons. The molecule has 0 amide bonds. The first-order valence-corrected chi connectivity index (χ1v) is 10.1. The maximum absolute atomic E-state index is 12.7. The molecular weight excluding hydrogens is 370 g/mol. The van der Waals surface area contributed by atoms with Crippen LogP contribution in [0.2, 0.25) is 0 Å². The molecule has 26 heavy (non-hydrogen) atoms. The normalized spacial score (nSPS) is 15.4. The molecule has 1 aliphatic heterocycles. The highest BCUT2D eigenvalue weighted by atomic mass is 32.2. The van der Waals surface area contributed by atoms with Crippen LogP contribution >= 0.6 is 12.2 Å². The van der Waals surface area contributed by atoms with E-state index in [4.69, 9.17) is 17.0 Å². The average Bonchev–Trinajstić information content (AvgIpc) is 2.64.